The minimum Gasteiger partial charge on any atom is -0.505 e. The number of carbonyl (C=O) groups is 3. The average Bonchev–Trinajstić information content (AvgIpc) is 2.98. The Kier molecular flexibility index (Phi) is 6.83. The van der Waals surface area contributed by atoms with Crippen molar-refractivity contribution in [2.24, 2.45) is 0 Å². The summed E-state index contributed by atoms with van der Waals surface area (Å²) in [6.45, 7) is 3.11. The Labute approximate surface area is 183 Å². The molecule has 4 N–H and O–H groups in total. The third-order valence-electron chi connectivity index (χ3n) is 4.44. The molecule has 0 aromatic heterocycles. The molecule has 2 aromatic carbocycles. The molecule has 0 bridgehead atoms. The second-order valence-corrected chi connectivity index (χ2v) is 7.09. The fourth-order valence-electron chi connectivity index (χ4n) is 2.94. The normalized spacial score (nSPS) is 16.2. The van der Waals surface area contributed by atoms with Crippen LogP contribution in [0.1, 0.15) is 11.1 Å². The maximum absolute atomic E-state index is 12.3. The maximum Gasteiger partial charge on any atom is 0.412 e. The molecular weight excluding hydrogens is 420 g/mol. The number of carbonyl (C=O) groups excluding carboxylic acids is 3. The van der Waals surface area contributed by atoms with Crippen LogP contribution in [0.4, 0.5) is 21.0 Å². The lowest BCUT2D eigenvalue weighted by atomic mass is 10.2. The van der Waals surface area contributed by atoms with Gasteiger partial charge in [0.15, 0.2) is 11.9 Å². The van der Waals surface area contributed by atoms with Crippen LogP contribution in [0.3, 0.4) is 0 Å². The van der Waals surface area contributed by atoms with Crippen molar-refractivity contribution in [1.82, 2.24) is 0 Å². The number of anilines is 2. The van der Waals surface area contributed by atoms with Crippen LogP contribution in [-0.2, 0) is 19.0 Å². The SMILES string of the molecule is Cc1cccc(NC(=O)OCC(OC(=O)Nc2cccc(C)c2)C2OC(=O)C(O)=C2O)c1. The summed E-state index contributed by atoms with van der Waals surface area (Å²) in [5, 5.41) is 24.5. The Hall–Kier alpha value is -4.21. The molecule has 0 saturated heterocycles. The van der Waals surface area contributed by atoms with Crippen molar-refractivity contribution in [3.05, 3.63) is 71.2 Å². The topological polar surface area (TPSA) is 143 Å². The Morgan fingerprint density at radius 3 is 2.06 bits per heavy atom. The molecule has 32 heavy (non-hydrogen) atoms. The summed E-state index contributed by atoms with van der Waals surface area (Å²) in [5.74, 6) is -3.03. The second-order valence-electron chi connectivity index (χ2n) is 7.09. The van der Waals surface area contributed by atoms with Gasteiger partial charge in [0.1, 0.15) is 6.61 Å². The van der Waals surface area contributed by atoms with Crippen molar-refractivity contribution < 1.29 is 38.8 Å². The van der Waals surface area contributed by atoms with Crippen LogP contribution in [-0.4, -0.2) is 47.2 Å². The van der Waals surface area contributed by atoms with E-state index in [-0.39, 0.29) is 0 Å². The number of hydrogen-bond donors (Lipinski definition) is 4. The van der Waals surface area contributed by atoms with Gasteiger partial charge in [0.2, 0.25) is 11.9 Å². The first-order valence-electron chi connectivity index (χ1n) is 9.61. The summed E-state index contributed by atoms with van der Waals surface area (Å²) in [7, 11) is 0. The molecule has 10 nitrogen and oxygen atoms in total. The Morgan fingerprint density at radius 2 is 1.56 bits per heavy atom. The van der Waals surface area contributed by atoms with E-state index in [4.69, 9.17) is 14.2 Å². The van der Waals surface area contributed by atoms with E-state index in [1.165, 1.54) is 0 Å². The molecule has 1 aliphatic rings. The molecule has 1 heterocycles. The van der Waals surface area contributed by atoms with Crippen LogP contribution in [0.15, 0.2) is 60.0 Å². The number of aliphatic hydroxyl groups is 2. The number of hydrogen-bond acceptors (Lipinski definition) is 8. The lowest BCUT2D eigenvalue weighted by molar-refractivity contribution is -0.147. The first kappa shape index (κ1) is 22.5. The van der Waals surface area contributed by atoms with E-state index < -0.39 is 48.5 Å². The third-order valence-corrected chi connectivity index (χ3v) is 4.44. The highest BCUT2D eigenvalue weighted by Crippen LogP contribution is 2.24. The number of rotatable bonds is 6. The minimum atomic E-state index is -1.54. The molecule has 2 atom stereocenters. The number of aliphatic hydroxyl groups excluding tert-OH is 2. The van der Waals surface area contributed by atoms with Crippen LogP contribution < -0.4 is 10.6 Å². The number of cyclic esters (lactones) is 1. The molecule has 0 spiro atoms. The highest BCUT2D eigenvalue weighted by atomic mass is 16.6. The summed E-state index contributed by atoms with van der Waals surface area (Å²) < 4.78 is 15.2. The highest BCUT2D eigenvalue weighted by molar-refractivity contribution is 5.89. The minimum absolute atomic E-state index is 0.442. The number of amides is 2. The average molecular weight is 442 g/mol. The van der Waals surface area contributed by atoms with Crippen molar-refractivity contribution in [2.75, 3.05) is 17.2 Å². The maximum atomic E-state index is 12.3. The van der Waals surface area contributed by atoms with Crippen molar-refractivity contribution in [3.63, 3.8) is 0 Å². The van der Waals surface area contributed by atoms with Crippen molar-refractivity contribution in [3.8, 4) is 0 Å². The fraction of sp³-hybridized carbons (Fsp3) is 0.227. The van der Waals surface area contributed by atoms with Crippen molar-refractivity contribution in [1.29, 1.82) is 0 Å². The molecule has 2 unspecified atom stereocenters. The molecule has 168 valence electrons. The van der Waals surface area contributed by atoms with Crippen LogP contribution in [0.5, 0.6) is 0 Å². The van der Waals surface area contributed by atoms with Gasteiger partial charge in [-0.3, -0.25) is 10.6 Å². The number of nitrogens with one attached hydrogen (secondary N) is 2. The van der Waals surface area contributed by atoms with E-state index in [1.54, 1.807) is 36.4 Å². The summed E-state index contributed by atoms with van der Waals surface area (Å²) in [4.78, 5) is 36.0. The van der Waals surface area contributed by atoms with Crippen LogP contribution in [0, 0.1) is 13.8 Å². The van der Waals surface area contributed by atoms with E-state index in [9.17, 15) is 24.6 Å². The smallest absolute Gasteiger partial charge is 0.412 e. The van der Waals surface area contributed by atoms with Crippen molar-refractivity contribution >= 4 is 29.5 Å². The number of ether oxygens (including phenoxy) is 3. The van der Waals surface area contributed by atoms with Crippen LogP contribution in [0.2, 0.25) is 0 Å². The Bertz CT molecular complexity index is 1070. The lowest BCUT2D eigenvalue weighted by Gasteiger charge is -2.22. The molecule has 1 aliphatic heterocycles. The standard InChI is InChI=1S/C22H22N2O8/c1-12-5-3-7-14(9-12)23-21(28)30-11-16(19-17(25)18(26)20(27)32-19)31-22(29)24-15-8-4-6-13(2)10-15/h3-10,16,19,25-26H,11H2,1-2H3,(H,23,28)(H,24,29). The summed E-state index contributed by atoms with van der Waals surface area (Å²) >= 11 is 0. The number of benzene rings is 2. The van der Waals surface area contributed by atoms with E-state index in [1.807, 2.05) is 26.0 Å². The van der Waals surface area contributed by atoms with E-state index in [0.717, 1.165) is 11.1 Å². The van der Waals surface area contributed by atoms with E-state index >= 15 is 0 Å². The van der Waals surface area contributed by atoms with Gasteiger partial charge in [-0.25, -0.2) is 14.4 Å². The molecule has 0 saturated carbocycles. The van der Waals surface area contributed by atoms with Crippen LogP contribution >= 0.6 is 0 Å². The van der Waals surface area contributed by atoms with Gasteiger partial charge in [0, 0.05) is 11.4 Å². The lowest BCUT2D eigenvalue weighted by Crippen LogP contribution is -2.39. The third kappa shape index (κ3) is 5.69. The second kappa shape index (κ2) is 9.73. The molecule has 0 aliphatic carbocycles. The first-order chi connectivity index (χ1) is 15.2. The van der Waals surface area contributed by atoms with Gasteiger partial charge in [-0.2, -0.15) is 0 Å². The van der Waals surface area contributed by atoms with Gasteiger partial charge in [-0.05, 0) is 49.2 Å². The van der Waals surface area contributed by atoms with Gasteiger partial charge < -0.3 is 24.4 Å². The molecule has 2 amide bonds. The molecule has 0 fully saturated rings. The largest absolute Gasteiger partial charge is 0.505 e. The molecule has 0 radical (unpaired) electrons. The monoisotopic (exact) mass is 442 g/mol. The quantitative estimate of drug-likeness (QED) is 0.391. The number of esters is 1. The van der Waals surface area contributed by atoms with E-state index in [0.29, 0.717) is 11.4 Å². The first-order valence-corrected chi connectivity index (χ1v) is 9.61. The predicted molar refractivity (Wildman–Crippen MR) is 113 cm³/mol. The molecule has 3 rings (SSSR count). The van der Waals surface area contributed by atoms with Gasteiger partial charge >= 0.3 is 18.2 Å². The van der Waals surface area contributed by atoms with Gasteiger partial charge in [-0.1, -0.05) is 24.3 Å². The van der Waals surface area contributed by atoms with Gasteiger partial charge in [-0.15, -0.1) is 0 Å². The summed E-state index contributed by atoms with van der Waals surface area (Å²) in [6, 6.07) is 13.9. The fourth-order valence-corrected chi connectivity index (χ4v) is 2.94. The van der Waals surface area contributed by atoms with Crippen molar-refractivity contribution in [2.45, 2.75) is 26.1 Å². The zero-order valence-corrected chi connectivity index (χ0v) is 17.3. The molecule has 2 aromatic rings. The zero-order chi connectivity index (χ0) is 23.3. The number of aryl methyl sites for hydroxylation is 2. The van der Waals surface area contributed by atoms with Gasteiger partial charge in [0.05, 0.1) is 0 Å². The Morgan fingerprint density at radius 1 is 1.00 bits per heavy atom. The Balaban J connectivity index is 1.67. The summed E-state index contributed by atoms with van der Waals surface area (Å²) in [5.41, 5.74) is 2.74. The summed E-state index contributed by atoms with van der Waals surface area (Å²) in [6.07, 6.45) is -4.78. The molecular formula is C22H22N2O8. The molecule has 10 heteroatoms. The predicted octanol–water partition coefficient (Wildman–Crippen LogP) is 3.72. The zero-order valence-electron chi connectivity index (χ0n) is 17.3. The highest BCUT2D eigenvalue weighted by Gasteiger charge is 2.42. The van der Waals surface area contributed by atoms with E-state index in [2.05, 4.69) is 10.6 Å². The van der Waals surface area contributed by atoms with Gasteiger partial charge in [0.25, 0.3) is 0 Å². The van der Waals surface area contributed by atoms with Crippen LogP contribution in [0.25, 0.3) is 0 Å².